The highest BCUT2D eigenvalue weighted by Crippen LogP contribution is 2.17. The van der Waals surface area contributed by atoms with Crippen LogP contribution in [0, 0.1) is 17.9 Å². The molecule has 0 N–H and O–H groups in total. The van der Waals surface area contributed by atoms with Crippen molar-refractivity contribution in [1.29, 1.82) is 5.26 Å². The first-order valence-electron chi connectivity index (χ1n) is 3.72. The predicted molar refractivity (Wildman–Crippen MR) is 48.8 cm³/mol. The van der Waals surface area contributed by atoms with Crippen LogP contribution in [0.25, 0.3) is 4.85 Å². The molecule has 0 aromatic heterocycles. The van der Waals surface area contributed by atoms with Gasteiger partial charge in [0.05, 0.1) is 25.3 Å². The minimum Gasteiger partial charge on any atom is -0.465 e. The van der Waals surface area contributed by atoms with Gasteiger partial charge in [-0.3, -0.25) is 0 Å². The van der Waals surface area contributed by atoms with E-state index in [0.29, 0.717) is 0 Å². The summed E-state index contributed by atoms with van der Waals surface area (Å²) in [7, 11) is 1.25. The monoisotopic (exact) mass is 186 g/mol. The molecule has 1 rings (SSSR count). The van der Waals surface area contributed by atoms with Gasteiger partial charge in [0.25, 0.3) is 0 Å². The lowest BCUT2D eigenvalue weighted by Gasteiger charge is -1.99. The summed E-state index contributed by atoms with van der Waals surface area (Å²) < 4.78 is 4.48. The third-order valence-corrected chi connectivity index (χ3v) is 1.60. The Morgan fingerprint density at radius 1 is 1.57 bits per heavy atom. The van der Waals surface area contributed by atoms with Gasteiger partial charge in [0.2, 0.25) is 0 Å². The Labute approximate surface area is 81.2 Å². The van der Waals surface area contributed by atoms with Gasteiger partial charge in [0.1, 0.15) is 0 Å². The lowest BCUT2D eigenvalue weighted by molar-refractivity contribution is 0.0601. The van der Waals surface area contributed by atoms with Crippen LogP contribution in [0.4, 0.5) is 5.69 Å². The normalized spacial score (nSPS) is 8.50. The van der Waals surface area contributed by atoms with Crippen molar-refractivity contribution in [2.75, 3.05) is 7.11 Å². The van der Waals surface area contributed by atoms with Crippen LogP contribution in [0.15, 0.2) is 18.2 Å². The van der Waals surface area contributed by atoms with Gasteiger partial charge in [0, 0.05) is 5.56 Å². The van der Waals surface area contributed by atoms with E-state index in [2.05, 4.69) is 9.58 Å². The highest BCUT2D eigenvalue weighted by atomic mass is 16.5. The molecule has 0 atom stereocenters. The first kappa shape index (κ1) is 9.76. The fraction of sp³-hybridized carbons (Fsp3) is 0.100. The first-order valence-corrected chi connectivity index (χ1v) is 3.72. The molecule has 0 aliphatic rings. The van der Waals surface area contributed by atoms with E-state index in [4.69, 9.17) is 11.8 Å². The van der Waals surface area contributed by atoms with Crippen molar-refractivity contribution in [3.8, 4) is 6.07 Å². The molecule has 0 aliphatic carbocycles. The van der Waals surface area contributed by atoms with Crippen LogP contribution in [0.2, 0.25) is 0 Å². The molecule has 0 bridgehead atoms. The predicted octanol–water partition coefficient (Wildman–Crippen LogP) is 1.90. The molecular weight excluding hydrogens is 180 g/mol. The average molecular weight is 186 g/mol. The molecule has 0 amide bonds. The molecule has 1 aromatic rings. The highest BCUT2D eigenvalue weighted by molar-refractivity contribution is 5.91. The third-order valence-electron chi connectivity index (χ3n) is 1.60. The number of carbonyl (C=O) groups is 1. The van der Waals surface area contributed by atoms with Gasteiger partial charge < -0.3 is 4.74 Å². The van der Waals surface area contributed by atoms with Gasteiger partial charge in [-0.05, 0) is 18.2 Å². The van der Waals surface area contributed by atoms with Crippen LogP contribution < -0.4 is 0 Å². The molecule has 0 radical (unpaired) electrons. The maximum Gasteiger partial charge on any atom is 0.336 e. The number of nitriles is 1. The van der Waals surface area contributed by atoms with Crippen LogP contribution in [-0.4, -0.2) is 13.1 Å². The SMILES string of the molecule is [C-]#[N+]c1cc(C#N)cc(C(=O)OC)c1. The first-order chi connectivity index (χ1) is 6.71. The summed E-state index contributed by atoms with van der Waals surface area (Å²) in [5, 5.41) is 8.63. The zero-order chi connectivity index (χ0) is 10.6. The van der Waals surface area contributed by atoms with E-state index < -0.39 is 5.97 Å². The molecule has 0 unspecified atom stereocenters. The second-order valence-electron chi connectivity index (χ2n) is 2.48. The Kier molecular flexibility index (Phi) is 2.83. The zero-order valence-electron chi connectivity index (χ0n) is 7.44. The lowest BCUT2D eigenvalue weighted by atomic mass is 10.1. The van der Waals surface area contributed by atoms with E-state index in [1.165, 1.54) is 25.3 Å². The fourth-order valence-electron chi connectivity index (χ4n) is 0.976. The Morgan fingerprint density at radius 3 is 2.79 bits per heavy atom. The second kappa shape index (κ2) is 4.06. The molecule has 0 aliphatic heterocycles. The molecule has 68 valence electrons. The van der Waals surface area contributed by atoms with Gasteiger partial charge in [-0.25, -0.2) is 9.64 Å². The van der Waals surface area contributed by atoms with Gasteiger partial charge in [-0.15, -0.1) is 0 Å². The second-order valence-corrected chi connectivity index (χ2v) is 2.48. The number of benzene rings is 1. The summed E-state index contributed by atoms with van der Waals surface area (Å²) in [5.74, 6) is -0.549. The fourth-order valence-corrected chi connectivity index (χ4v) is 0.976. The smallest absolute Gasteiger partial charge is 0.336 e. The zero-order valence-corrected chi connectivity index (χ0v) is 7.44. The lowest BCUT2D eigenvalue weighted by Crippen LogP contribution is -2.00. The molecule has 0 fully saturated rings. The average Bonchev–Trinajstić information content (AvgIpc) is 2.27. The highest BCUT2D eigenvalue weighted by Gasteiger charge is 2.08. The van der Waals surface area contributed by atoms with E-state index >= 15 is 0 Å². The van der Waals surface area contributed by atoms with Gasteiger partial charge in [0.15, 0.2) is 5.69 Å². The Balaban J connectivity index is 3.27. The Morgan fingerprint density at radius 2 is 2.29 bits per heavy atom. The number of esters is 1. The van der Waals surface area contributed by atoms with Gasteiger partial charge in [-0.2, -0.15) is 5.26 Å². The van der Waals surface area contributed by atoms with Crippen molar-refractivity contribution < 1.29 is 9.53 Å². The van der Waals surface area contributed by atoms with E-state index in [1.807, 2.05) is 6.07 Å². The number of hydrogen-bond acceptors (Lipinski definition) is 3. The van der Waals surface area contributed by atoms with Crippen LogP contribution >= 0.6 is 0 Å². The van der Waals surface area contributed by atoms with Gasteiger partial charge >= 0.3 is 5.97 Å². The molecule has 0 saturated carbocycles. The number of nitrogens with zero attached hydrogens (tertiary/aromatic N) is 2. The largest absolute Gasteiger partial charge is 0.465 e. The van der Waals surface area contributed by atoms with Crippen molar-refractivity contribution in [3.05, 3.63) is 40.7 Å². The summed E-state index contributed by atoms with van der Waals surface area (Å²) in [5.41, 5.74) is 0.751. The summed E-state index contributed by atoms with van der Waals surface area (Å²) in [4.78, 5) is 14.3. The van der Waals surface area contributed by atoms with Crippen molar-refractivity contribution in [3.63, 3.8) is 0 Å². The maximum atomic E-state index is 11.1. The van der Waals surface area contributed by atoms with E-state index in [9.17, 15) is 4.79 Å². The standard InChI is InChI=1S/C10H6N2O2/c1-12-9-4-7(6-11)3-8(5-9)10(13)14-2/h3-5H,2H3. The van der Waals surface area contributed by atoms with Crippen molar-refractivity contribution in [1.82, 2.24) is 0 Å². The van der Waals surface area contributed by atoms with Crippen LogP contribution in [-0.2, 0) is 4.74 Å². The third kappa shape index (κ3) is 1.88. The van der Waals surface area contributed by atoms with Crippen molar-refractivity contribution in [2.24, 2.45) is 0 Å². The summed E-state index contributed by atoms with van der Waals surface area (Å²) in [6, 6.07) is 6.06. The quantitative estimate of drug-likeness (QED) is 0.497. The molecule has 4 heteroatoms. The number of rotatable bonds is 1. The minimum atomic E-state index is -0.549. The number of carbonyl (C=O) groups excluding carboxylic acids is 1. The molecule has 0 heterocycles. The Hall–Kier alpha value is -2.33. The number of hydrogen-bond donors (Lipinski definition) is 0. The summed E-state index contributed by atoms with van der Waals surface area (Å²) in [6.07, 6.45) is 0. The van der Waals surface area contributed by atoms with Crippen LogP contribution in [0.1, 0.15) is 15.9 Å². The summed E-state index contributed by atoms with van der Waals surface area (Å²) in [6.45, 7) is 6.77. The number of ether oxygens (including phenoxy) is 1. The van der Waals surface area contributed by atoms with Crippen molar-refractivity contribution in [2.45, 2.75) is 0 Å². The van der Waals surface area contributed by atoms with Crippen molar-refractivity contribution >= 4 is 11.7 Å². The molecule has 4 nitrogen and oxygen atoms in total. The summed E-state index contributed by atoms with van der Waals surface area (Å²) >= 11 is 0. The topological polar surface area (TPSA) is 54.5 Å². The molecule has 1 aromatic carbocycles. The number of methoxy groups -OCH3 is 1. The van der Waals surface area contributed by atoms with E-state index in [1.54, 1.807) is 0 Å². The molecule has 14 heavy (non-hydrogen) atoms. The van der Waals surface area contributed by atoms with Crippen LogP contribution in [0.5, 0.6) is 0 Å². The maximum absolute atomic E-state index is 11.1. The minimum absolute atomic E-state index is 0.220. The molecule has 0 saturated heterocycles. The van der Waals surface area contributed by atoms with Gasteiger partial charge in [-0.1, -0.05) is 0 Å². The molecule has 0 spiro atoms. The Bertz CT molecular complexity index is 420. The van der Waals surface area contributed by atoms with E-state index in [0.717, 1.165) is 0 Å². The van der Waals surface area contributed by atoms with E-state index in [-0.39, 0.29) is 16.8 Å². The molecular formula is C10H6N2O2. The van der Waals surface area contributed by atoms with Crippen LogP contribution in [0.3, 0.4) is 0 Å².